The van der Waals surface area contributed by atoms with Gasteiger partial charge in [-0.05, 0) is 17.8 Å². The Kier molecular flexibility index (Phi) is 5.26. The lowest BCUT2D eigenvalue weighted by atomic mass is 10.0. The van der Waals surface area contributed by atoms with E-state index in [1.807, 2.05) is 0 Å². The van der Waals surface area contributed by atoms with Gasteiger partial charge in [0.15, 0.2) is 0 Å². The second-order valence-corrected chi connectivity index (χ2v) is 6.28. The smallest absolute Gasteiger partial charge is 0.0243 e. The van der Waals surface area contributed by atoms with Crippen molar-refractivity contribution >= 4 is 0 Å². The van der Waals surface area contributed by atoms with Gasteiger partial charge in [0.25, 0.3) is 0 Å². The molecule has 1 rings (SSSR count). The van der Waals surface area contributed by atoms with Crippen molar-refractivity contribution in [3.63, 3.8) is 0 Å². The molecule has 1 saturated heterocycles. The van der Waals surface area contributed by atoms with E-state index in [9.17, 15) is 0 Å². The van der Waals surface area contributed by atoms with Crippen LogP contribution in [0.1, 0.15) is 41.5 Å². The van der Waals surface area contributed by atoms with Crippen LogP contribution < -0.4 is 5.32 Å². The molecule has 0 aliphatic carbocycles. The maximum Gasteiger partial charge on any atom is 0.0243 e. The van der Waals surface area contributed by atoms with Crippen LogP contribution in [0.2, 0.25) is 0 Å². The average molecular weight is 226 g/mol. The Hall–Kier alpha value is -0.0800. The van der Waals surface area contributed by atoms with Crippen LogP contribution in [0.25, 0.3) is 0 Å². The second-order valence-electron chi connectivity index (χ2n) is 6.28. The zero-order valence-corrected chi connectivity index (χ0v) is 12.0. The summed E-state index contributed by atoms with van der Waals surface area (Å²) in [6, 6.07) is 1.30. The van der Waals surface area contributed by atoms with Crippen LogP contribution >= 0.6 is 0 Å². The maximum atomic E-state index is 3.59. The summed E-state index contributed by atoms with van der Waals surface area (Å²) in [6.45, 7) is 17.6. The highest BCUT2D eigenvalue weighted by atomic mass is 15.2. The van der Waals surface area contributed by atoms with Gasteiger partial charge in [0.2, 0.25) is 0 Å². The lowest BCUT2D eigenvalue weighted by Gasteiger charge is -2.32. The van der Waals surface area contributed by atoms with Gasteiger partial charge in [-0.25, -0.2) is 0 Å². The first-order chi connectivity index (χ1) is 7.41. The SMILES string of the molecule is CC(C)NCC(C(C)C)N1CC(C)C(C)C1. The minimum Gasteiger partial charge on any atom is -0.313 e. The van der Waals surface area contributed by atoms with E-state index in [1.165, 1.54) is 13.1 Å². The molecule has 1 N–H and O–H groups in total. The fraction of sp³-hybridized carbons (Fsp3) is 1.00. The summed E-state index contributed by atoms with van der Waals surface area (Å²) in [6.07, 6.45) is 0. The highest BCUT2D eigenvalue weighted by Gasteiger charge is 2.32. The molecule has 3 unspecified atom stereocenters. The molecule has 0 aromatic heterocycles. The van der Waals surface area contributed by atoms with Crippen LogP contribution in [0.15, 0.2) is 0 Å². The number of nitrogens with one attached hydrogen (secondary N) is 1. The molecule has 0 aromatic carbocycles. The molecule has 2 heteroatoms. The molecule has 0 amide bonds. The molecule has 96 valence electrons. The molecular formula is C14H30N2. The van der Waals surface area contributed by atoms with Gasteiger partial charge in [0.1, 0.15) is 0 Å². The lowest BCUT2D eigenvalue weighted by Crippen LogP contribution is -2.46. The summed E-state index contributed by atoms with van der Waals surface area (Å²) < 4.78 is 0. The van der Waals surface area contributed by atoms with Crippen LogP contribution in [0.5, 0.6) is 0 Å². The molecule has 1 aliphatic rings. The first-order valence-electron chi connectivity index (χ1n) is 6.89. The minimum absolute atomic E-state index is 0.596. The Labute approximate surface area is 102 Å². The molecule has 1 heterocycles. The van der Waals surface area contributed by atoms with Crippen molar-refractivity contribution < 1.29 is 0 Å². The highest BCUT2D eigenvalue weighted by Crippen LogP contribution is 2.26. The number of likely N-dealkylation sites (tertiary alicyclic amines) is 1. The number of nitrogens with zero attached hydrogens (tertiary/aromatic N) is 1. The maximum absolute atomic E-state index is 3.59. The van der Waals surface area contributed by atoms with Crippen LogP contribution in [0.3, 0.4) is 0 Å². The van der Waals surface area contributed by atoms with Crippen LogP contribution in [-0.2, 0) is 0 Å². The zero-order valence-electron chi connectivity index (χ0n) is 12.0. The van der Waals surface area contributed by atoms with Crippen LogP contribution in [0, 0.1) is 17.8 Å². The molecule has 0 spiro atoms. The van der Waals surface area contributed by atoms with E-state index in [0.29, 0.717) is 12.1 Å². The number of hydrogen-bond acceptors (Lipinski definition) is 2. The van der Waals surface area contributed by atoms with Gasteiger partial charge in [-0.2, -0.15) is 0 Å². The van der Waals surface area contributed by atoms with Crippen molar-refractivity contribution in [3.05, 3.63) is 0 Å². The minimum atomic E-state index is 0.596. The fourth-order valence-electron chi connectivity index (χ4n) is 2.59. The van der Waals surface area contributed by atoms with Crippen LogP contribution in [0.4, 0.5) is 0 Å². The second kappa shape index (κ2) is 6.02. The lowest BCUT2D eigenvalue weighted by molar-refractivity contribution is 0.176. The normalized spacial score (nSPS) is 29.2. The average Bonchev–Trinajstić information content (AvgIpc) is 2.46. The Bertz CT molecular complexity index is 191. The number of hydrogen-bond donors (Lipinski definition) is 1. The predicted octanol–water partition coefficient (Wildman–Crippen LogP) is 2.60. The number of rotatable bonds is 5. The van der Waals surface area contributed by atoms with Crippen LogP contribution in [-0.4, -0.2) is 36.6 Å². The first kappa shape index (κ1) is 14.0. The molecule has 1 aliphatic heterocycles. The fourth-order valence-corrected chi connectivity index (χ4v) is 2.59. The van der Waals surface area contributed by atoms with Gasteiger partial charge >= 0.3 is 0 Å². The molecule has 0 aromatic rings. The topological polar surface area (TPSA) is 15.3 Å². The molecule has 0 bridgehead atoms. The van der Waals surface area contributed by atoms with Crippen molar-refractivity contribution in [2.45, 2.75) is 53.6 Å². The van der Waals surface area contributed by atoms with Gasteiger partial charge in [0.05, 0.1) is 0 Å². The highest BCUT2D eigenvalue weighted by molar-refractivity contribution is 4.86. The molecule has 0 radical (unpaired) electrons. The van der Waals surface area contributed by atoms with E-state index in [0.717, 1.165) is 24.3 Å². The van der Waals surface area contributed by atoms with Crippen molar-refractivity contribution in [2.24, 2.45) is 17.8 Å². The van der Waals surface area contributed by atoms with E-state index < -0.39 is 0 Å². The summed E-state index contributed by atoms with van der Waals surface area (Å²) in [7, 11) is 0. The molecule has 16 heavy (non-hydrogen) atoms. The third-order valence-corrected chi connectivity index (χ3v) is 3.99. The van der Waals surface area contributed by atoms with E-state index in [-0.39, 0.29) is 0 Å². The van der Waals surface area contributed by atoms with Crippen molar-refractivity contribution in [2.75, 3.05) is 19.6 Å². The Morgan fingerprint density at radius 1 is 1.06 bits per heavy atom. The van der Waals surface area contributed by atoms with E-state index in [2.05, 4.69) is 51.8 Å². The van der Waals surface area contributed by atoms with Crippen molar-refractivity contribution in [3.8, 4) is 0 Å². The summed E-state index contributed by atoms with van der Waals surface area (Å²) >= 11 is 0. The van der Waals surface area contributed by atoms with Crippen molar-refractivity contribution in [1.82, 2.24) is 10.2 Å². The van der Waals surface area contributed by atoms with Gasteiger partial charge in [0, 0.05) is 31.7 Å². The Morgan fingerprint density at radius 2 is 1.56 bits per heavy atom. The monoisotopic (exact) mass is 226 g/mol. The molecular weight excluding hydrogens is 196 g/mol. The quantitative estimate of drug-likeness (QED) is 0.775. The van der Waals surface area contributed by atoms with E-state index in [1.54, 1.807) is 0 Å². The molecule has 3 atom stereocenters. The third-order valence-electron chi connectivity index (χ3n) is 3.99. The summed E-state index contributed by atoms with van der Waals surface area (Å²) in [4.78, 5) is 2.69. The van der Waals surface area contributed by atoms with Gasteiger partial charge in [-0.1, -0.05) is 41.5 Å². The molecule has 2 nitrogen and oxygen atoms in total. The van der Waals surface area contributed by atoms with Crippen molar-refractivity contribution in [1.29, 1.82) is 0 Å². The Balaban J connectivity index is 2.50. The largest absolute Gasteiger partial charge is 0.313 e. The van der Waals surface area contributed by atoms with Gasteiger partial charge in [-0.3, -0.25) is 4.90 Å². The first-order valence-corrected chi connectivity index (χ1v) is 6.89. The summed E-state index contributed by atoms with van der Waals surface area (Å²) in [5, 5.41) is 3.59. The molecule has 0 saturated carbocycles. The molecule has 1 fully saturated rings. The zero-order chi connectivity index (χ0) is 12.3. The summed E-state index contributed by atoms with van der Waals surface area (Å²) in [5.74, 6) is 2.46. The van der Waals surface area contributed by atoms with Gasteiger partial charge in [-0.15, -0.1) is 0 Å². The van der Waals surface area contributed by atoms with E-state index >= 15 is 0 Å². The Morgan fingerprint density at radius 3 is 1.94 bits per heavy atom. The standard InChI is InChI=1S/C14H30N2/c1-10(2)14(7-15-11(3)4)16-8-12(5)13(6)9-16/h10-15H,7-9H2,1-6H3. The van der Waals surface area contributed by atoms with Gasteiger partial charge < -0.3 is 5.32 Å². The summed E-state index contributed by atoms with van der Waals surface area (Å²) in [5.41, 5.74) is 0. The van der Waals surface area contributed by atoms with E-state index in [4.69, 9.17) is 0 Å². The third kappa shape index (κ3) is 3.74. The predicted molar refractivity (Wildman–Crippen MR) is 71.7 cm³/mol.